The SMILES string of the molecule is Cc1ccc(N2c3ccc(C)cc3B3c4cc(-c5cc(-c6ccc7c(c6)B6c8cc(C)ccc8N(c8ccc(C)cc8)c8cc(C)cc(c86)N7c6ccc(C(C)(C)C)cc6)cc(-c6ccc7c(c6)B6c8cc(C)ccc8N(c8ccc(C)cc8)c8cc(C)cc(c86)N7c6ccc(C(C)(C)C)cc6)c5)ccc4N(c4ccc(C(C)(C)C)cc4)c4cc(C)cc2c43)cc1. The van der Waals surface area contributed by atoms with Crippen LogP contribution in [0.4, 0.5) is 102 Å². The molecule has 0 aromatic heterocycles. The predicted octanol–water partition coefficient (Wildman–Crippen LogP) is 25.6. The summed E-state index contributed by atoms with van der Waals surface area (Å²) in [7, 11) is 0. The van der Waals surface area contributed by atoms with Gasteiger partial charge < -0.3 is 29.4 Å². The lowest BCUT2D eigenvalue weighted by Crippen LogP contribution is -2.61. The summed E-state index contributed by atoms with van der Waals surface area (Å²) in [6.07, 6.45) is 0. The zero-order valence-electron chi connectivity index (χ0n) is 75.9. The fraction of sp³-hybridized carbons (Fsp3) is 0.179. The second-order valence-electron chi connectivity index (χ2n) is 40.2. The molecule has 6 nitrogen and oxygen atoms in total. The number of benzene rings is 16. The van der Waals surface area contributed by atoms with Crippen molar-refractivity contribution >= 4 is 172 Å². The van der Waals surface area contributed by atoms with Crippen LogP contribution in [-0.4, -0.2) is 20.1 Å². The highest BCUT2D eigenvalue weighted by Gasteiger charge is 2.48. The zero-order valence-corrected chi connectivity index (χ0v) is 75.9. The number of nitrogens with zero attached hydrogens (tertiary/aromatic N) is 6. The Bertz CT molecular complexity index is 6510. The van der Waals surface area contributed by atoms with E-state index in [2.05, 4.69) is 463 Å². The molecule has 0 fully saturated rings. The molecule has 16 aromatic rings. The maximum atomic E-state index is 2.59. The van der Waals surface area contributed by atoms with E-state index in [1.807, 2.05) is 0 Å². The van der Waals surface area contributed by atoms with E-state index in [4.69, 9.17) is 0 Å². The number of hydrogen-bond acceptors (Lipinski definition) is 6. The third kappa shape index (κ3) is 12.7. The van der Waals surface area contributed by atoms with Crippen LogP contribution in [0.15, 0.2) is 309 Å². The molecule has 6 aliphatic heterocycles. The molecule has 0 amide bonds. The maximum Gasteiger partial charge on any atom is 0.252 e. The molecule has 22 rings (SSSR count). The zero-order chi connectivity index (χ0) is 86.7. The molecule has 0 radical (unpaired) electrons. The average Bonchev–Trinajstić information content (AvgIpc) is 0.704. The summed E-state index contributed by atoms with van der Waals surface area (Å²) in [5.41, 5.74) is 54.7. The molecule has 612 valence electrons. The molecule has 0 spiro atoms. The lowest BCUT2D eigenvalue weighted by molar-refractivity contribution is 0.590. The minimum Gasteiger partial charge on any atom is -0.311 e. The summed E-state index contributed by atoms with van der Waals surface area (Å²) in [6.45, 7) is 40.7. The highest BCUT2D eigenvalue weighted by atomic mass is 15.2. The van der Waals surface area contributed by atoms with Crippen molar-refractivity contribution in [3.63, 3.8) is 0 Å². The molecular formula is C117H105B3N6. The normalized spacial score (nSPS) is 13.8. The molecule has 0 unspecified atom stereocenters. The quantitative estimate of drug-likeness (QED) is 0.133. The van der Waals surface area contributed by atoms with Gasteiger partial charge in [-0.05, 0) is 358 Å². The van der Waals surface area contributed by atoms with E-state index in [-0.39, 0.29) is 36.4 Å². The molecule has 6 aliphatic rings. The first kappa shape index (κ1) is 78.5. The Morgan fingerprint density at radius 1 is 0.159 bits per heavy atom. The number of anilines is 18. The van der Waals surface area contributed by atoms with E-state index < -0.39 is 0 Å². The topological polar surface area (TPSA) is 19.4 Å². The predicted molar refractivity (Wildman–Crippen MR) is 544 cm³/mol. The van der Waals surface area contributed by atoms with Gasteiger partial charge in [-0.25, -0.2) is 0 Å². The van der Waals surface area contributed by atoms with Crippen LogP contribution in [0.2, 0.25) is 0 Å². The minimum atomic E-state index is -0.114. The van der Waals surface area contributed by atoms with Crippen molar-refractivity contribution in [1.29, 1.82) is 0 Å². The van der Waals surface area contributed by atoms with Crippen LogP contribution >= 0.6 is 0 Å². The second-order valence-corrected chi connectivity index (χ2v) is 40.2. The highest BCUT2D eigenvalue weighted by Crippen LogP contribution is 2.52. The molecule has 0 saturated carbocycles. The number of aryl methyl sites for hydroxylation is 9. The summed E-state index contributed by atoms with van der Waals surface area (Å²) >= 11 is 0. The van der Waals surface area contributed by atoms with Gasteiger partial charge in [0.25, 0.3) is 20.1 Å². The molecule has 0 aliphatic carbocycles. The van der Waals surface area contributed by atoms with Crippen molar-refractivity contribution in [1.82, 2.24) is 0 Å². The van der Waals surface area contributed by atoms with Crippen LogP contribution in [-0.2, 0) is 16.2 Å². The summed E-state index contributed by atoms with van der Waals surface area (Å²) in [4.78, 5) is 15.4. The summed E-state index contributed by atoms with van der Waals surface area (Å²) in [5, 5.41) is 0. The molecule has 9 heteroatoms. The van der Waals surface area contributed by atoms with Gasteiger partial charge in [0.15, 0.2) is 0 Å². The first-order valence-electron chi connectivity index (χ1n) is 45.2. The minimum absolute atomic E-state index is 0.0298. The maximum absolute atomic E-state index is 2.59. The molecular weight excluding hydrogens is 1520 g/mol. The van der Waals surface area contributed by atoms with Crippen molar-refractivity contribution in [2.45, 2.75) is 141 Å². The molecule has 16 aromatic carbocycles. The van der Waals surface area contributed by atoms with Crippen LogP contribution in [0.3, 0.4) is 0 Å². The molecule has 0 saturated heterocycles. The molecule has 6 heterocycles. The average molecular weight is 1630 g/mol. The molecule has 0 N–H and O–H groups in total. The molecule has 126 heavy (non-hydrogen) atoms. The summed E-state index contributed by atoms with van der Waals surface area (Å²) in [5.74, 6) is 0. The largest absolute Gasteiger partial charge is 0.311 e. The van der Waals surface area contributed by atoms with Crippen LogP contribution < -0.4 is 78.6 Å². The third-order valence-corrected chi connectivity index (χ3v) is 27.9. The Kier molecular flexibility index (Phi) is 17.9. The van der Waals surface area contributed by atoms with E-state index in [9.17, 15) is 0 Å². The second kappa shape index (κ2) is 28.8. The Morgan fingerprint density at radius 3 is 0.548 bits per heavy atom. The Morgan fingerprint density at radius 2 is 0.341 bits per heavy atom. The lowest BCUT2D eigenvalue weighted by Gasteiger charge is -2.44. The smallest absolute Gasteiger partial charge is 0.252 e. The van der Waals surface area contributed by atoms with Crippen molar-refractivity contribution < 1.29 is 0 Å². The van der Waals surface area contributed by atoms with E-state index >= 15 is 0 Å². The van der Waals surface area contributed by atoms with E-state index in [0.717, 1.165) is 67.5 Å². The van der Waals surface area contributed by atoms with Gasteiger partial charge in [-0.1, -0.05) is 241 Å². The Labute approximate surface area is 746 Å². The molecule has 0 atom stereocenters. The van der Waals surface area contributed by atoms with Crippen molar-refractivity contribution in [3.05, 3.63) is 376 Å². The van der Waals surface area contributed by atoms with Crippen molar-refractivity contribution in [2.24, 2.45) is 0 Å². The number of hydrogen-bond donors (Lipinski definition) is 0. The van der Waals surface area contributed by atoms with Crippen LogP contribution in [0.1, 0.15) is 129 Å². The fourth-order valence-electron chi connectivity index (χ4n) is 21.5. The van der Waals surface area contributed by atoms with E-state index in [1.54, 1.807) is 0 Å². The summed E-state index contributed by atoms with van der Waals surface area (Å²) < 4.78 is 0. The van der Waals surface area contributed by atoms with E-state index in [0.29, 0.717) is 0 Å². The van der Waals surface area contributed by atoms with Gasteiger partial charge in [-0.3, -0.25) is 0 Å². The van der Waals surface area contributed by atoms with Crippen molar-refractivity contribution in [2.75, 3.05) is 29.4 Å². The number of fused-ring (bicyclic) bond motifs is 12. The highest BCUT2D eigenvalue weighted by molar-refractivity contribution is 7.02. The van der Waals surface area contributed by atoms with Gasteiger partial charge in [0, 0.05) is 102 Å². The standard InChI is InChI=1S/C117H105B3N6/c1-70-19-37-88(38-20-70)121-100-49-25-73(4)55-94(100)118-97-67-79(28-52-103(97)124(109-61-76(7)58-106(121)112(109)118)91-43-31-85(32-44-91)115(10,11)12)82-64-83(80-29-53-104-98(68-80)119-95-56-74(5)26-50-101(95)122(89-39-21-71(2)22-40-89)107-59-77(8)62-110(113(107)119)125(104)92-45-33-86(34-46-92)116(13,14)15)66-84(65-82)81-30-54-105-99(69-81)120-96-57-75(6)27-51-102(96)123(90-41-23-72(3)24-42-90)108-60-78(9)63-111(114(108)120)126(105)93-47-35-87(36-48-93)117(16,17)18/h19-69H,1-18H3. The van der Waals surface area contributed by atoms with Gasteiger partial charge in [-0.2, -0.15) is 0 Å². The monoisotopic (exact) mass is 1630 g/mol. The first-order valence-corrected chi connectivity index (χ1v) is 45.2. The van der Waals surface area contributed by atoms with Crippen LogP contribution in [0.25, 0.3) is 33.4 Å². The van der Waals surface area contributed by atoms with Gasteiger partial charge in [-0.15, -0.1) is 0 Å². The van der Waals surface area contributed by atoms with Crippen LogP contribution in [0, 0.1) is 62.3 Å². The third-order valence-electron chi connectivity index (χ3n) is 27.9. The van der Waals surface area contributed by atoms with E-state index in [1.165, 1.54) is 184 Å². The fourth-order valence-corrected chi connectivity index (χ4v) is 21.5. The van der Waals surface area contributed by atoms with Gasteiger partial charge in [0.05, 0.1) is 0 Å². The first-order chi connectivity index (χ1) is 60.5. The lowest BCUT2D eigenvalue weighted by atomic mass is 9.33. The van der Waals surface area contributed by atoms with Crippen molar-refractivity contribution in [3.8, 4) is 33.4 Å². The van der Waals surface area contributed by atoms with Gasteiger partial charge in [0.1, 0.15) is 0 Å². The van der Waals surface area contributed by atoms with Gasteiger partial charge >= 0.3 is 0 Å². The van der Waals surface area contributed by atoms with Crippen LogP contribution in [0.5, 0.6) is 0 Å². The Hall–Kier alpha value is -13.5. The molecule has 0 bridgehead atoms. The number of rotatable bonds is 9. The summed E-state index contributed by atoms with van der Waals surface area (Å²) in [6, 6.07) is 122. The Balaban J connectivity index is 0.804. The van der Waals surface area contributed by atoms with Gasteiger partial charge in [0.2, 0.25) is 0 Å².